The van der Waals surface area contributed by atoms with Crippen LogP contribution in [0.25, 0.3) is 0 Å². The van der Waals surface area contributed by atoms with Crippen LogP contribution in [0.5, 0.6) is 5.75 Å². The van der Waals surface area contributed by atoms with E-state index in [1.54, 1.807) is 24.3 Å². The molecule has 0 spiro atoms. The predicted molar refractivity (Wildman–Crippen MR) is 111 cm³/mol. The maximum atomic E-state index is 13.0. The maximum absolute atomic E-state index is 13.0. The van der Waals surface area contributed by atoms with Crippen LogP contribution in [-0.4, -0.2) is 46.6 Å². The third-order valence-corrected chi connectivity index (χ3v) is 6.54. The first-order chi connectivity index (χ1) is 14.2. The third kappa shape index (κ3) is 4.73. The molecular weight excluding hydrogens is 408 g/mol. The fourth-order valence-corrected chi connectivity index (χ4v) is 3.97. The Labute approximate surface area is 175 Å². The van der Waals surface area contributed by atoms with Gasteiger partial charge in [-0.05, 0) is 56.2 Å². The normalized spacial score (nSPS) is 14.5. The second-order valence-electron chi connectivity index (χ2n) is 7.00. The van der Waals surface area contributed by atoms with Gasteiger partial charge < -0.3 is 14.8 Å². The minimum atomic E-state index is -3.87. The topological polar surface area (TPSA) is 102 Å². The first kappa shape index (κ1) is 21.6. The summed E-state index contributed by atoms with van der Waals surface area (Å²) in [6.45, 7) is 1.50. The van der Waals surface area contributed by atoms with Crippen LogP contribution in [0.3, 0.4) is 0 Å². The smallest absolute Gasteiger partial charge is 0.338 e. The molecule has 1 aliphatic rings. The summed E-state index contributed by atoms with van der Waals surface area (Å²) >= 11 is 0. The summed E-state index contributed by atoms with van der Waals surface area (Å²) in [6.07, 6.45) is 0.940. The van der Waals surface area contributed by atoms with Crippen molar-refractivity contribution in [1.29, 1.82) is 0 Å². The van der Waals surface area contributed by atoms with Crippen LogP contribution in [-0.2, 0) is 19.6 Å². The molecule has 0 radical (unpaired) electrons. The van der Waals surface area contributed by atoms with E-state index in [4.69, 9.17) is 9.47 Å². The summed E-state index contributed by atoms with van der Waals surface area (Å²) in [5.74, 6) is -0.624. The Morgan fingerprint density at radius 1 is 1.10 bits per heavy atom. The number of para-hydroxylation sites is 2. The van der Waals surface area contributed by atoms with E-state index in [0.717, 1.165) is 17.1 Å². The van der Waals surface area contributed by atoms with Crippen LogP contribution in [0, 0.1) is 0 Å². The molecule has 0 saturated heterocycles. The largest absolute Gasteiger partial charge is 0.495 e. The van der Waals surface area contributed by atoms with E-state index < -0.39 is 22.1 Å². The van der Waals surface area contributed by atoms with Crippen molar-refractivity contribution < 1.29 is 27.5 Å². The molecule has 1 atom stereocenters. The predicted octanol–water partition coefficient (Wildman–Crippen LogP) is 2.34. The standard InChI is InChI=1S/C21H24N2O6S/c1-14(20(24)22-16-10-11-16)29-21(25)15-8-12-17(13-9-15)30(26,27)23(2)18-6-4-5-7-19(18)28-3/h4-9,12-14,16H,10-11H2,1-3H3,(H,22,24)/t14-/m0/s1. The van der Waals surface area contributed by atoms with Gasteiger partial charge in [-0.2, -0.15) is 0 Å². The van der Waals surface area contributed by atoms with Crippen LogP contribution in [0.4, 0.5) is 5.69 Å². The Morgan fingerprint density at radius 2 is 1.73 bits per heavy atom. The number of sulfonamides is 1. The lowest BCUT2D eigenvalue weighted by molar-refractivity contribution is -0.129. The quantitative estimate of drug-likeness (QED) is 0.643. The minimum Gasteiger partial charge on any atom is -0.495 e. The van der Waals surface area contributed by atoms with Gasteiger partial charge in [0.05, 0.1) is 23.3 Å². The van der Waals surface area contributed by atoms with E-state index in [1.807, 2.05) is 0 Å². The molecule has 1 fully saturated rings. The lowest BCUT2D eigenvalue weighted by Gasteiger charge is -2.21. The lowest BCUT2D eigenvalue weighted by Crippen LogP contribution is -2.37. The number of amides is 1. The van der Waals surface area contributed by atoms with Crippen LogP contribution >= 0.6 is 0 Å². The van der Waals surface area contributed by atoms with Crippen molar-refractivity contribution in [2.24, 2.45) is 0 Å². The summed E-state index contributed by atoms with van der Waals surface area (Å²) in [6, 6.07) is 12.3. The molecule has 0 bridgehead atoms. The Hall–Kier alpha value is -3.07. The number of nitrogens with one attached hydrogen (secondary N) is 1. The molecule has 30 heavy (non-hydrogen) atoms. The molecular formula is C21H24N2O6S. The highest BCUT2D eigenvalue weighted by atomic mass is 32.2. The van der Waals surface area contributed by atoms with Crippen LogP contribution in [0.2, 0.25) is 0 Å². The maximum Gasteiger partial charge on any atom is 0.338 e. The molecule has 1 N–H and O–H groups in total. The van der Waals surface area contributed by atoms with E-state index in [0.29, 0.717) is 11.4 Å². The number of hydrogen-bond donors (Lipinski definition) is 1. The fourth-order valence-electron chi connectivity index (χ4n) is 2.77. The van der Waals surface area contributed by atoms with E-state index >= 15 is 0 Å². The summed E-state index contributed by atoms with van der Waals surface area (Å²) in [4.78, 5) is 24.2. The molecule has 2 aromatic rings. The summed E-state index contributed by atoms with van der Waals surface area (Å²) < 4.78 is 37.4. The highest BCUT2D eigenvalue weighted by Crippen LogP contribution is 2.30. The average molecular weight is 432 g/mol. The average Bonchev–Trinajstić information content (AvgIpc) is 3.57. The van der Waals surface area contributed by atoms with Crippen LogP contribution < -0.4 is 14.4 Å². The number of nitrogens with zero attached hydrogens (tertiary/aromatic N) is 1. The zero-order valence-electron chi connectivity index (χ0n) is 17.0. The minimum absolute atomic E-state index is 0.00646. The molecule has 3 rings (SSSR count). The number of rotatable bonds is 8. The van der Waals surface area contributed by atoms with E-state index in [2.05, 4.69) is 5.32 Å². The van der Waals surface area contributed by atoms with Crippen LogP contribution in [0.15, 0.2) is 53.4 Å². The highest BCUT2D eigenvalue weighted by Gasteiger charge is 2.28. The van der Waals surface area contributed by atoms with Gasteiger partial charge in [0.1, 0.15) is 5.75 Å². The van der Waals surface area contributed by atoms with Gasteiger partial charge in [-0.1, -0.05) is 12.1 Å². The Morgan fingerprint density at radius 3 is 2.33 bits per heavy atom. The summed E-state index contributed by atoms with van der Waals surface area (Å²) in [7, 11) is -0.983. The van der Waals surface area contributed by atoms with Crippen molar-refractivity contribution in [2.75, 3.05) is 18.5 Å². The highest BCUT2D eigenvalue weighted by molar-refractivity contribution is 7.92. The molecule has 1 saturated carbocycles. The number of benzene rings is 2. The Bertz CT molecular complexity index is 1030. The van der Waals surface area contributed by atoms with Crippen molar-refractivity contribution in [3.8, 4) is 5.75 Å². The monoisotopic (exact) mass is 432 g/mol. The summed E-state index contributed by atoms with van der Waals surface area (Å²) in [5, 5.41) is 2.77. The second kappa shape index (κ2) is 8.74. The van der Waals surface area contributed by atoms with Gasteiger partial charge in [0.25, 0.3) is 15.9 Å². The molecule has 8 nitrogen and oxygen atoms in total. The molecule has 0 aromatic heterocycles. The molecule has 2 aromatic carbocycles. The van der Waals surface area contributed by atoms with Gasteiger partial charge >= 0.3 is 5.97 Å². The number of anilines is 1. The molecule has 1 aliphatic carbocycles. The van der Waals surface area contributed by atoms with Crippen molar-refractivity contribution in [3.05, 3.63) is 54.1 Å². The number of ether oxygens (including phenoxy) is 2. The van der Waals surface area contributed by atoms with Crippen molar-refractivity contribution in [1.82, 2.24) is 5.32 Å². The number of carbonyl (C=O) groups excluding carboxylic acids is 2. The lowest BCUT2D eigenvalue weighted by atomic mass is 10.2. The number of methoxy groups -OCH3 is 1. The fraction of sp³-hybridized carbons (Fsp3) is 0.333. The number of esters is 1. The van der Waals surface area contributed by atoms with Crippen molar-refractivity contribution in [2.45, 2.75) is 36.8 Å². The zero-order valence-corrected chi connectivity index (χ0v) is 17.8. The molecule has 0 unspecified atom stereocenters. The molecule has 0 heterocycles. The van der Waals surface area contributed by atoms with E-state index in [9.17, 15) is 18.0 Å². The molecule has 0 aliphatic heterocycles. The third-order valence-electron chi connectivity index (χ3n) is 4.75. The number of carbonyl (C=O) groups is 2. The SMILES string of the molecule is COc1ccccc1N(C)S(=O)(=O)c1ccc(C(=O)O[C@@H](C)C(=O)NC2CC2)cc1. The molecule has 160 valence electrons. The number of hydrogen-bond acceptors (Lipinski definition) is 6. The van der Waals surface area contributed by atoms with Gasteiger partial charge in [-0.3, -0.25) is 9.10 Å². The van der Waals surface area contributed by atoms with Gasteiger partial charge in [0, 0.05) is 13.1 Å². The van der Waals surface area contributed by atoms with E-state index in [-0.39, 0.29) is 22.4 Å². The van der Waals surface area contributed by atoms with Crippen molar-refractivity contribution in [3.63, 3.8) is 0 Å². The van der Waals surface area contributed by atoms with Crippen LogP contribution in [0.1, 0.15) is 30.1 Å². The van der Waals surface area contributed by atoms with Gasteiger partial charge in [-0.15, -0.1) is 0 Å². The molecule has 9 heteroatoms. The first-order valence-corrected chi connectivity index (χ1v) is 10.9. The van der Waals surface area contributed by atoms with Gasteiger partial charge in [-0.25, -0.2) is 13.2 Å². The zero-order chi connectivity index (χ0) is 21.9. The Balaban J connectivity index is 1.72. The van der Waals surface area contributed by atoms with Gasteiger partial charge in [0.2, 0.25) is 0 Å². The second-order valence-corrected chi connectivity index (χ2v) is 8.97. The van der Waals surface area contributed by atoms with Crippen molar-refractivity contribution >= 4 is 27.6 Å². The Kier molecular flexibility index (Phi) is 6.31. The summed E-state index contributed by atoms with van der Waals surface area (Å²) in [5.41, 5.74) is 0.541. The molecule has 1 amide bonds. The van der Waals surface area contributed by atoms with Gasteiger partial charge in [0.15, 0.2) is 6.10 Å². The van der Waals surface area contributed by atoms with E-state index in [1.165, 1.54) is 45.3 Å². The first-order valence-electron chi connectivity index (χ1n) is 9.47.